The fourth-order valence-corrected chi connectivity index (χ4v) is 0.713. The minimum atomic E-state index is 0.316. The van der Waals surface area contributed by atoms with Crippen LogP contribution in [0.1, 0.15) is 11.1 Å². The smallest absolute Gasteiger partial charge is 0.272 e. The summed E-state index contributed by atoms with van der Waals surface area (Å²) in [6.45, 7) is 1.94. The summed E-state index contributed by atoms with van der Waals surface area (Å²) in [4.78, 5) is 3.92. The van der Waals surface area contributed by atoms with E-state index in [1.165, 1.54) is 0 Å². The number of hydrogen-bond donors (Lipinski definition) is 2. The number of amidine groups is 1. The Morgan fingerprint density at radius 2 is 2.30 bits per heavy atom. The monoisotopic (exact) mass is 136 g/mol. The van der Waals surface area contributed by atoms with Gasteiger partial charge in [-0.3, -0.25) is 16.1 Å². The second-order valence-electron chi connectivity index (χ2n) is 2.21. The molecular weight excluding hydrogens is 126 g/mol. The highest BCUT2D eigenvalue weighted by Crippen LogP contribution is 1.97. The molecule has 52 valence electrons. The molecular formula is C7H10N3+. The molecule has 10 heavy (non-hydrogen) atoms. The zero-order valence-corrected chi connectivity index (χ0v) is 5.83. The Hall–Kier alpha value is -1.38. The number of pyridine rings is 1. The van der Waals surface area contributed by atoms with Crippen molar-refractivity contribution in [1.29, 1.82) is 0 Å². The van der Waals surface area contributed by atoms with Crippen LogP contribution in [0.15, 0.2) is 18.5 Å². The van der Waals surface area contributed by atoms with Crippen LogP contribution in [0.3, 0.4) is 0 Å². The molecule has 0 fully saturated rings. The predicted octanol–water partition coefficient (Wildman–Crippen LogP) is -1.15. The van der Waals surface area contributed by atoms with E-state index in [-0.39, 0.29) is 0 Å². The molecule has 0 spiro atoms. The van der Waals surface area contributed by atoms with Crippen molar-refractivity contribution in [2.45, 2.75) is 6.92 Å². The molecule has 0 atom stereocenters. The van der Waals surface area contributed by atoms with E-state index in [0.29, 0.717) is 5.84 Å². The van der Waals surface area contributed by atoms with Crippen LogP contribution in [0, 0.1) is 6.92 Å². The van der Waals surface area contributed by atoms with Gasteiger partial charge >= 0.3 is 0 Å². The van der Waals surface area contributed by atoms with Crippen LogP contribution in [0.5, 0.6) is 0 Å². The molecule has 0 unspecified atom stereocenters. The average Bonchev–Trinajstić information content (AvgIpc) is 1.88. The van der Waals surface area contributed by atoms with Gasteiger partial charge in [-0.2, -0.15) is 0 Å². The van der Waals surface area contributed by atoms with Crippen molar-refractivity contribution in [3.8, 4) is 0 Å². The van der Waals surface area contributed by atoms with Gasteiger partial charge in [0.25, 0.3) is 5.84 Å². The Kier molecular flexibility index (Phi) is 1.67. The fraction of sp³-hybridized carbons (Fsp3) is 0.143. The molecule has 3 nitrogen and oxygen atoms in total. The van der Waals surface area contributed by atoms with Crippen molar-refractivity contribution in [3.05, 3.63) is 29.6 Å². The molecule has 3 heteroatoms. The Morgan fingerprint density at radius 1 is 1.60 bits per heavy atom. The van der Waals surface area contributed by atoms with E-state index < -0.39 is 0 Å². The van der Waals surface area contributed by atoms with Gasteiger partial charge in [-0.05, 0) is 18.6 Å². The minimum absolute atomic E-state index is 0.316. The largest absolute Gasteiger partial charge is 0.287 e. The Balaban J connectivity index is 3.07. The van der Waals surface area contributed by atoms with Gasteiger partial charge in [0.15, 0.2) is 0 Å². The van der Waals surface area contributed by atoms with Crippen molar-refractivity contribution in [3.63, 3.8) is 0 Å². The topological polar surface area (TPSA) is 64.5 Å². The van der Waals surface area contributed by atoms with E-state index in [9.17, 15) is 0 Å². The molecule has 0 amide bonds. The first-order chi connectivity index (χ1) is 4.70. The van der Waals surface area contributed by atoms with Crippen molar-refractivity contribution in [2.24, 2.45) is 5.73 Å². The fourth-order valence-electron chi connectivity index (χ4n) is 0.713. The number of aromatic nitrogens is 1. The quantitative estimate of drug-likeness (QED) is 0.378. The van der Waals surface area contributed by atoms with E-state index in [0.717, 1.165) is 11.1 Å². The molecule has 1 aromatic heterocycles. The van der Waals surface area contributed by atoms with Crippen molar-refractivity contribution >= 4 is 5.84 Å². The maximum absolute atomic E-state index is 5.34. The maximum atomic E-state index is 5.34. The number of hydrogen-bond acceptors (Lipinski definition) is 1. The van der Waals surface area contributed by atoms with Crippen LogP contribution in [-0.2, 0) is 0 Å². The van der Waals surface area contributed by atoms with Gasteiger partial charge in [0, 0.05) is 12.4 Å². The molecule has 4 N–H and O–H groups in total. The highest BCUT2D eigenvalue weighted by Gasteiger charge is 1.99. The third-order valence-electron chi connectivity index (χ3n) is 1.21. The van der Waals surface area contributed by atoms with Gasteiger partial charge in [0.1, 0.15) is 0 Å². The van der Waals surface area contributed by atoms with Gasteiger partial charge in [-0.15, -0.1) is 0 Å². The summed E-state index contributed by atoms with van der Waals surface area (Å²) in [5.74, 6) is 0.316. The van der Waals surface area contributed by atoms with Crippen molar-refractivity contribution < 1.29 is 5.41 Å². The first-order valence-corrected chi connectivity index (χ1v) is 3.00. The molecule has 1 rings (SSSR count). The number of nitrogens with two attached hydrogens (primary N) is 2. The molecule has 0 aromatic carbocycles. The summed E-state index contributed by atoms with van der Waals surface area (Å²) in [7, 11) is 0. The van der Waals surface area contributed by atoms with E-state index in [1.54, 1.807) is 12.4 Å². The van der Waals surface area contributed by atoms with E-state index in [2.05, 4.69) is 4.98 Å². The van der Waals surface area contributed by atoms with Crippen LogP contribution >= 0.6 is 0 Å². The lowest BCUT2D eigenvalue weighted by Gasteiger charge is -1.92. The molecule has 0 aliphatic carbocycles. The Morgan fingerprint density at radius 3 is 2.70 bits per heavy atom. The number of rotatable bonds is 1. The highest BCUT2D eigenvalue weighted by atomic mass is 14.7. The zero-order valence-electron chi connectivity index (χ0n) is 5.83. The molecule has 1 heterocycles. The summed E-state index contributed by atoms with van der Waals surface area (Å²) < 4.78 is 0. The van der Waals surface area contributed by atoms with Crippen LogP contribution in [0.2, 0.25) is 0 Å². The van der Waals surface area contributed by atoms with E-state index in [4.69, 9.17) is 11.1 Å². The van der Waals surface area contributed by atoms with Crippen LogP contribution in [0.25, 0.3) is 0 Å². The standard InChI is InChI=1S/C7H9N3/c1-5-2-6(7(8)9)4-10-3-5/h2-4H,1H3,(H3,8,9)/p+1. The lowest BCUT2D eigenvalue weighted by molar-refractivity contribution is -0.114. The van der Waals surface area contributed by atoms with E-state index >= 15 is 0 Å². The normalized spacial score (nSPS) is 9.30. The SMILES string of the molecule is Cc1cncc(C(N)=[NH2+])c1. The van der Waals surface area contributed by atoms with Gasteiger partial charge in [-0.1, -0.05) is 0 Å². The number of nitrogens with zero attached hydrogens (tertiary/aromatic N) is 1. The second kappa shape index (κ2) is 2.47. The maximum Gasteiger partial charge on any atom is 0.272 e. The van der Waals surface area contributed by atoms with Crippen LogP contribution < -0.4 is 11.1 Å². The first kappa shape index (κ1) is 6.74. The summed E-state index contributed by atoms with van der Waals surface area (Å²) in [5.41, 5.74) is 7.19. The van der Waals surface area contributed by atoms with Crippen LogP contribution in [0.4, 0.5) is 0 Å². The second-order valence-corrected chi connectivity index (χ2v) is 2.21. The molecule has 0 aliphatic heterocycles. The molecule has 0 saturated heterocycles. The lowest BCUT2D eigenvalue weighted by Crippen LogP contribution is -2.46. The molecule has 0 radical (unpaired) electrons. The summed E-state index contributed by atoms with van der Waals surface area (Å²) >= 11 is 0. The molecule has 0 aliphatic rings. The summed E-state index contributed by atoms with van der Waals surface area (Å²) in [6, 6.07) is 1.89. The predicted molar refractivity (Wildman–Crippen MR) is 39.2 cm³/mol. The average molecular weight is 136 g/mol. The highest BCUT2D eigenvalue weighted by molar-refractivity contribution is 5.92. The zero-order chi connectivity index (χ0) is 7.56. The van der Waals surface area contributed by atoms with Gasteiger partial charge in [0.05, 0.1) is 5.56 Å². The molecule has 1 aromatic rings. The Labute approximate surface area is 59.4 Å². The number of aryl methyl sites for hydroxylation is 1. The van der Waals surface area contributed by atoms with Gasteiger partial charge < -0.3 is 0 Å². The van der Waals surface area contributed by atoms with Gasteiger partial charge in [0.2, 0.25) is 0 Å². The third-order valence-corrected chi connectivity index (χ3v) is 1.21. The van der Waals surface area contributed by atoms with E-state index in [1.807, 2.05) is 13.0 Å². The van der Waals surface area contributed by atoms with Crippen molar-refractivity contribution in [2.75, 3.05) is 0 Å². The summed E-state index contributed by atoms with van der Waals surface area (Å²) in [5, 5.41) is 5.34. The first-order valence-electron chi connectivity index (χ1n) is 3.00. The third kappa shape index (κ3) is 1.31. The minimum Gasteiger partial charge on any atom is -0.287 e. The van der Waals surface area contributed by atoms with Gasteiger partial charge in [-0.25, -0.2) is 0 Å². The summed E-state index contributed by atoms with van der Waals surface area (Å²) in [6.07, 6.45) is 3.40. The van der Waals surface area contributed by atoms with Crippen LogP contribution in [-0.4, -0.2) is 10.8 Å². The lowest BCUT2D eigenvalue weighted by atomic mass is 10.2. The Bertz CT molecular complexity index is 255. The molecule has 0 saturated carbocycles. The molecule has 0 bridgehead atoms. The van der Waals surface area contributed by atoms with Crippen molar-refractivity contribution in [1.82, 2.24) is 4.98 Å².